The van der Waals surface area contributed by atoms with E-state index in [1.54, 1.807) is 0 Å². The van der Waals surface area contributed by atoms with Crippen LogP contribution in [0.2, 0.25) is 0 Å². The zero-order chi connectivity index (χ0) is 16.0. The molecule has 0 radical (unpaired) electrons. The Kier molecular flexibility index (Phi) is 5.51. The van der Waals surface area contributed by atoms with E-state index in [0.717, 1.165) is 50.9 Å². The molecule has 2 aliphatic rings. The van der Waals surface area contributed by atoms with E-state index in [1.807, 2.05) is 30.3 Å². The fourth-order valence-electron chi connectivity index (χ4n) is 3.34. The van der Waals surface area contributed by atoms with Crippen LogP contribution >= 0.6 is 0 Å². The zero-order valence-corrected chi connectivity index (χ0v) is 13.5. The molecule has 1 N–H and O–H groups in total. The van der Waals surface area contributed by atoms with E-state index >= 15 is 0 Å². The van der Waals surface area contributed by atoms with Gasteiger partial charge in [-0.15, -0.1) is 0 Å². The fraction of sp³-hybridized carbons (Fsp3) is 0.611. The van der Waals surface area contributed by atoms with Crippen LogP contribution in [-0.2, 0) is 20.8 Å². The Labute approximate surface area is 137 Å². The summed E-state index contributed by atoms with van der Waals surface area (Å²) >= 11 is 0. The summed E-state index contributed by atoms with van der Waals surface area (Å²) in [6, 6.07) is 9.70. The van der Waals surface area contributed by atoms with Crippen molar-refractivity contribution >= 4 is 6.09 Å². The zero-order valence-electron chi connectivity index (χ0n) is 13.5. The number of hydrogen-bond donors (Lipinski definition) is 1. The third-order valence-electron chi connectivity index (χ3n) is 4.72. The molecule has 1 saturated heterocycles. The van der Waals surface area contributed by atoms with E-state index in [0.29, 0.717) is 19.1 Å². The molecule has 1 aromatic carbocycles. The first kappa shape index (κ1) is 16.3. The second-order valence-corrected chi connectivity index (χ2v) is 6.33. The van der Waals surface area contributed by atoms with Gasteiger partial charge in [-0.3, -0.25) is 0 Å². The van der Waals surface area contributed by atoms with Crippen molar-refractivity contribution in [3.05, 3.63) is 35.9 Å². The van der Waals surface area contributed by atoms with Gasteiger partial charge in [-0.1, -0.05) is 30.3 Å². The number of ether oxygens (including phenoxy) is 3. The van der Waals surface area contributed by atoms with E-state index < -0.39 is 0 Å². The molecule has 1 aliphatic heterocycles. The minimum Gasteiger partial charge on any atom is -0.445 e. The van der Waals surface area contributed by atoms with Crippen LogP contribution < -0.4 is 5.32 Å². The molecule has 1 heterocycles. The third-order valence-corrected chi connectivity index (χ3v) is 4.72. The van der Waals surface area contributed by atoms with Crippen LogP contribution in [0.5, 0.6) is 0 Å². The van der Waals surface area contributed by atoms with Gasteiger partial charge < -0.3 is 19.5 Å². The number of nitrogens with one attached hydrogen (secondary N) is 1. The van der Waals surface area contributed by atoms with Crippen molar-refractivity contribution in [2.75, 3.05) is 19.8 Å². The molecule has 0 bridgehead atoms. The molecule has 5 nitrogen and oxygen atoms in total. The molecule has 126 valence electrons. The average molecular weight is 319 g/mol. The van der Waals surface area contributed by atoms with Crippen molar-refractivity contribution in [1.29, 1.82) is 0 Å². The number of carbonyl (C=O) groups excluding carboxylic acids is 1. The lowest BCUT2D eigenvalue weighted by Crippen LogP contribution is -2.36. The number of amides is 1. The summed E-state index contributed by atoms with van der Waals surface area (Å²) in [5.41, 5.74) is 0.997. The molecular weight excluding hydrogens is 294 g/mol. The first-order chi connectivity index (χ1) is 11.3. The number of alkyl carbamates (subject to hydrolysis) is 1. The SMILES string of the molecule is O=C(NCCC1CCC2(CC1)OCCO2)OCc1ccccc1. The van der Waals surface area contributed by atoms with Gasteiger partial charge in [0.15, 0.2) is 5.79 Å². The van der Waals surface area contributed by atoms with E-state index in [2.05, 4.69) is 5.32 Å². The van der Waals surface area contributed by atoms with Crippen molar-refractivity contribution < 1.29 is 19.0 Å². The molecular formula is C18H25NO4. The number of rotatable bonds is 5. The molecule has 23 heavy (non-hydrogen) atoms. The molecule has 0 atom stereocenters. The van der Waals surface area contributed by atoms with Crippen LogP contribution in [-0.4, -0.2) is 31.6 Å². The maximum absolute atomic E-state index is 11.7. The van der Waals surface area contributed by atoms with E-state index in [1.165, 1.54) is 0 Å². The highest BCUT2D eigenvalue weighted by Gasteiger charge is 2.39. The quantitative estimate of drug-likeness (QED) is 0.905. The van der Waals surface area contributed by atoms with Crippen LogP contribution in [0, 0.1) is 5.92 Å². The highest BCUT2D eigenvalue weighted by atomic mass is 16.7. The Morgan fingerprint density at radius 1 is 1.17 bits per heavy atom. The first-order valence-electron chi connectivity index (χ1n) is 8.48. The lowest BCUT2D eigenvalue weighted by Gasteiger charge is -2.35. The van der Waals surface area contributed by atoms with Crippen LogP contribution in [0.1, 0.15) is 37.7 Å². The molecule has 1 aromatic rings. The van der Waals surface area contributed by atoms with E-state index in [-0.39, 0.29) is 11.9 Å². The Balaban J connectivity index is 1.28. The van der Waals surface area contributed by atoms with Gasteiger partial charge in [0.25, 0.3) is 0 Å². The molecule has 1 amide bonds. The van der Waals surface area contributed by atoms with Gasteiger partial charge in [-0.05, 0) is 30.7 Å². The second kappa shape index (κ2) is 7.79. The maximum Gasteiger partial charge on any atom is 0.407 e. The summed E-state index contributed by atoms with van der Waals surface area (Å²) < 4.78 is 16.7. The molecule has 0 aromatic heterocycles. The maximum atomic E-state index is 11.7. The van der Waals surface area contributed by atoms with Crippen molar-refractivity contribution in [1.82, 2.24) is 5.32 Å². The Bertz CT molecular complexity index is 489. The van der Waals surface area contributed by atoms with E-state index in [4.69, 9.17) is 14.2 Å². The Morgan fingerprint density at radius 3 is 2.57 bits per heavy atom. The van der Waals surface area contributed by atoms with Gasteiger partial charge in [-0.2, -0.15) is 0 Å². The van der Waals surface area contributed by atoms with Crippen molar-refractivity contribution in [2.24, 2.45) is 5.92 Å². The van der Waals surface area contributed by atoms with Gasteiger partial charge in [-0.25, -0.2) is 4.79 Å². The van der Waals surface area contributed by atoms with Gasteiger partial charge in [0.1, 0.15) is 6.61 Å². The van der Waals surface area contributed by atoms with Gasteiger partial charge in [0.2, 0.25) is 0 Å². The number of benzene rings is 1. The lowest BCUT2D eigenvalue weighted by atomic mass is 9.83. The van der Waals surface area contributed by atoms with Gasteiger partial charge >= 0.3 is 6.09 Å². The predicted molar refractivity (Wildman–Crippen MR) is 85.8 cm³/mol. The van der Waals surface area contributed by atoms with Crippen LogP contribution in [0.25, 0.3) is 0 Å². The van der Waals surface area contributed by atoms with Crippen molar-refractivity contribution in [3.8, 4) is 0 Å². The molecule has 1 aliphatic carbocycles. The highest BCUT2D eigenvalue weighted by molar-refractivity contribution is 5.67. The number of hydrogen-bond acceptors (Lipinski definition) is 4. The molecule has 2 fully saturated rings. The summed E-state index contributed by atoms with van der Waals surface area (Å²) in [4.78, 5) is 11.7. The monoisotopic (exact) mass is 319 g/mol. The van der Waals surface area contributed by atoms with Crippen LogP contribution in [0.3, 0.4) is 0 Å². The molecule has 5 heteroatoms. The minimum absolute atomic E-state index is 0.293. The largest absolute Gasteiger partial charge is 0.445 e. The van der Waals surface area contributed by atoms with Crippen LogP contribution in [0.15, 0.2) is 30.3 Å². The smallest absolute Gasteiger partial charge is 0.407 e. The fourth-order valence-corrected chi connectivity index (χ4v) is 3.34. The highest BCUT2D eigenvalue weighted by Crippen LogP contribution is 2.39. The summed E-state index contributed by atoms with van der Waals surface area (Å²) in [5, 5.41) is 2.84. The summed E-state index contributed by atoms with van der Waals surface area (Å²) in [6.45, 7) is 2.42. The standard InChI is InChI=1S/C18H25NO4/c20-17(21-14-16-4-2-1-3-5-16)19-11-8-15-6-9-18(10-7-15)22-12-13-23-18/h1-5,15H,6-14H2,(H,19,20). The third kappa shape index (κ3) is 4.69. The van der Waals surface area contributed by atoms with Crippen LogP contribution in [0.4, 0.5) is 4.79 Å². The normalized spacial score (nSPS) is 20.5. The van der Waals surface area contributed by atoms with Crippen molar-refractivity contribution in [2.45, 2.75) is 44.5 Å². The topological polar surface area (TPSA) is 56.8 Å². The molecule has 0 unspecified atom stereocenters. The van der Waals surface area contributed by atoms with Crippen molar-refractivity contribution in [3.63, 3.8) is 0 Å². The Hall–Kier alpha value is -1.59. The lowest BCUT2D eigenvalue weighted by molar-refractivity contribution is -0.182. The predicted octanol–water partition coefficient (Wildman–Crippen LogP) is 3.24. The summed E-state index contributed by atoms with van der Waals surface area (Å²) in [5.74, 6) is 0.335. The second-order valence-electron chi connectivity index (χ2n) is 6.33. The first-order valence-corrected chi connectivity index (χ1v) is 8.48. The van der Waals surface area contributed by atoms with Gasteiger partial charge in [0, 0.05) is 19.4 Å². The Morgan fingerprint density at radius 2 is 1.87 bits per heavy atom. The summed E-state index contributed by atoms with van der Waals surface area (Å²) in [7, 11) is 0. The minimum atomic E-state index is -0.344. The number of carbonyl (C=O) groups is 1. The van der Waals surface area contributed by atoms with E-state index in [9.17, 15) is 4.79 Å². The summed E-state index contributed by atoms with van der Waals surface area (Å²) in [6.07, 6.45) is 4.77. The van der Waals surface area contributed by atoms with Gasteiger partial charge in [0.05, 0.1) is 13.2 Å². The molecule has 1 saturated carbocycles. The molecule has 1 spiro atoms. The average Bonchev–Trinajstić information content (AvgIpc) is 3.04. The molecule has 3 rings (SSSR count).